The van der Waals surface area contributed by atoms with Crippen molar-refractivity contribution in [1.82, 2.24) is 20.7 Å². The molecule has 0 unspecified atom stereocenters. The molecular weight excluding hydrogens is 136 g/mol. The highest BCUT2D eigenvalue weighted by Gasteiger charge is 2.04. The van der Waals surface area contributed by atoms with Gasteiger partial charge in [0.15, 0.2) is 17.7 Å². The predicted molar refractivity (Wildman–Crippen MR) is 27.6 cm³/mol. The molecule has 0 radical (unpaired) electrons. The van der Waals surface area contributed by atoms with Gasteiger partial charge in [-0.15, -0.1) is 5.10 Å². The van der Waals surface area contributed by atoms with E-state index in [2.05, 4.69) is 29.8 Å². The van der Waals surface area contributed by atoms with Gasteiger partial charge in [0.2, 0.25) is 0 Å². The van der Waals surface area contributed by atoms with Gasteiger partial charge in [0.05, 0.1) is 0 Å². The second-order valence-electron chi connectivity index (χ2n) is 1.58. The third-order valence-corrected chi connectivity index (χ3v) is 0.984. The van der Waals surface area contributed by atoms with Crippen LogP contribution in [0.4, 0.5) is 0 Å². The second-order valence-corrected chi connectivity index (χ2v) is 1.58. The summed E-state index contributed by atoms with van der Waals surface area (Å²) in [5, 5.41) is 13.7. The minimum atomic E-state index is 0.515. The van der Waals surface area contributed by atoms with Crippen LogP contribution >= 0.6 is 0 Å². The molecule has 0 saturated carbocycles. The Labute approximate surface area is 54.8 Å². The van der Waals surface area contributed by atoms with E-state index < -0.39 is 0 Å². The zero-order valence-electron chi connectivity index (χ0n) is 4.76. The Bertz CT molecular complexity index is 255. The van der Waals surface area contributed by atoms with Crippen molar-refractivity contribution in [2.75, 3.05) is 0 Å². The Morgan fingerprint density at radius 3 is 2.90 bits per heavy atom. The Kier molecular flexibility index (Phi) is 0.970. The lowest BCUT2D eigenvalue weighted by Gasteiger charge is -1.74. The van der Waals surface area contributed by atoms with Gasteiger partial charge < -0.3 is 4.52 Å². The van der Waals surface area contributed by atoms with Crippen molar-refractivity contribution in [2.24, 2.45) is 0 Å². The van der Waals surface area contributed by atoms with Crippen LogP contribution in [0.1, 0.15) is 0 Å². The molecule has 6 nitrogen and oxygen atoms in total. The molecule has 2 rings (SSSR count). The first-order chi connectivity index (χ1) is 4.97. The number of rotatable bonds is 1. The molecule has 0 aliphatic rings. The fourth-order valence-corrected chi connectivity index (χ4v) is 0.554. The molecule has 2 aromatic rings. The van der Waals surface area contributed by atoms with E-state index in [1.807, 2.05) is 0 Å². The third-order valence-electron chi connectivity index (χ3n) is 0.984. The molecule has 0 fully saturated rings. The monoisotopic (exact) mass is 138 g/mol. The van der Waals surface area contributed by atoms with Crippen molar-refractivity contribution in [1.29, 1.82) is 0 Å². The molecule has 0 spiro atoms. The van der Waals surface area contributed by atoms with E-state index >= 15 is 0 Å². The topological polar surface area (TPSA) is 77.8 Å². The molecule has 0 atom stereocenters. The molecule has 0 amide bonds. The molecule has 0 aromatic carbocycles. The summed E-state index contributed by atoms with van der Waals surface area (Å²) < 4.78 is 8.80. The number of nitrogens with zero attached hydrogens (tertiary/aromatic N) is 4. The summed E-state index contributed by atoms with van der Waals surface area (Å²) in [5.41, 5.74) is 1.03. The van der Waals surface area contributed by atoms with Crippen LogP contribution in [0.25, 0.3) is 11.4 Å². The molecule has 10 heavy (non-hydrogen) atoms. The van der Waals surface area contributed by atoms with Crippen LogP contribution in [0, 0.1) is 0 Å². The van der Waals surface area contributed by atoms with Crippen LogP contribution in [0.2, 0.25) is 0 Å². The van der Waals surface area contributed by atoms with Gasteiger partial charge >= 0.3 is 0 Å². The summed E-state index contributed by atoms with van der Waals surface area (Å²) in [6.07, 6.45) is 2.79. The van der Waals surface area contributed by atoms with Crippen molar-refractivity contribution in [2.45, 2.75) is 0 Å². The second kappa shape index (κ2) is 1.90. The van der Waals surface area contributed by atoms with E-state index in [-0.39, 0.29) is 0 Å². The summed E-state index contributed by atoms with van der Waals surface area (Å²) in [6.45, 7) is 0. The van der Waals surface area contributed by atoms with Crippen LogP contribution in [-0.4, -0.2) is 20.7 Å². The molecule has 0 N–H and O–H groups in total. The molecule has 0 aliphatic carbocycles. The molecule has 2 aromatic heterocycles. The minimum absolute atomic E-state index is 0.515. The lowest BCUT2D eigenvalue weighted by Crippen LogP contribution is -1.75. The highest BCUT2D eigenvalue weighted by Crippen LogP contribution is 2.09. The molecule has 0 saturated heterocycles. The summed E-state index contributed by atoms with van der Waals surface area (Å²) in [7, 11) is 0. The van der Waals surface area contributed by atoms with Crippen molar-refractivity contribution in [3.63, 3.8) is 0 Å². The highest BCUT2D eigenvalue weighted by atomic mass is 16.6. The molecule has 2 heterocycles. The van der Waals surface area contributed by atoms with Crippen molar-refractivity contribution in [3.05, 3.63) is 12.5 Å². The minimum Gasteiger partial charge on any atom is -0.345 e. The lowest BCUT2D eigenvalue weighted by atomic mass is 10.4. The Balaban J connectivity index is 2.48. The van der Waals surface area contributed by atoms with Crippen LogP contribution in [-0.2, 0) is 0 Å². The first kappa shape index (κ1) is 5.10. The Morgan fingerprint density at radius 2 is 2.30 bits per heavy atom. The van der Waals surface area contributed by atoms with E-state index in [0.29, 0.717) is 11.4 Å². The van der Waals surface area contributed by atoms with Gasteiger partial charge in [-0.1, -0.05) is 5.16 Å². The normalized spacial score (nSPS) is 10.0. The van der Waals surface area contributed by atoms with Crippen molar-refractivity contribution in [3.8, 4) is 11.4 Å². The lowest BCUT2D eigenvalue weighted by molar-refractivity contribution is 0.308. The SMILES string of the molecule is c1onnc1-c1cnon1. The summed E-state index contributed by atoms with van der Waals surface area (Å²) in [4.78, 5) is 0. The average molecular weight is 138 g/mol. The number of hydrogen-bond acceptors (Lipinski definition) is 6. The Hall–Kier alpha value is -1.72. The van der Waals surface area contributed by atoms with E-state index in [4.69, 9.17) is 0 Å². The smallest absolute Gasteiger partial charge is 0.158 e. The van der Waals surface area contributed by atoms with Gasteiger partial charge in [-0.25, -0.2) is 4.63 Å². The van der Waals surface area contributed by atoms with E-state index in [9.17, 15) is 0 Å². The maximum absolute atomic E-state index is 4.47. The molecule has 0 bridgehead atoms. The van der Waals surface area contributed by atoms with Gasteiger partial charge in [0.25, 0.3) is 0 Å². The maximum atomic E-state index is 4.47. The quantitative estimate of drug-likeness (QED) is 0.556. The molecule has 50 valence electrons. The fourth-order valence-electron chi connectivity index (χ4n) is 0.554. The van der Waals surface area contributed by atoms with Gasteiger partial charge in [0.1, 0.15) is 6.20 Å². The Morgan fingerprint density at radius 1 is 1.30 bits per heavy atom. The fraction of sp³-hybridized carbons (Fsp3) is 0. The van der Waals surface area contributed by atoms with Gasteiger partial charge in [0, 0.05) is 5.27 Å². The zero-order valence-corrected chi connectivity index (χ0v) is 4.76. The predicted octanol–water partition coefficient (Wildman–Crippen LogP) is 0.120. The molecule has 6 heteroatoms. The average Bonchev–Trinajstić information content (AvgIpc) is 2.59. The number of aromatic nitrogens is 4. The first-order valence-corrected chi connectivity index (χ1v) is 2.52. The van der Waals surface area contributed by atoms with E-state index in [0.717, 1.165) is 0 Å². The number of hydrogen-bond donors (Lipinski definition) is 0. The standard InChI is InChI=1S/C4H2N4O2/c1-3(7-10-5-1)4-2-9-8-6-4/h1-2H. The summed E-state index contributed by atoms with van der Waals surface area (Å²) in [5.74, 6) is 0. The largest absolute Gasteiger partial charge is 0.345 e. The maximum Gasteiger partial charge on any atom is 0.158 e. The van der Waals surface area contributed by atoms with Gasteiger partial charge in [-0.2, -0.15) is 0 Å². The van der Waals surface area contributed by atoms with Crippen molar-refractivity contribution >= 4 is 0 Å². The zero-order chi connectivity index (χ0) is 6.81. The van der Waals surface area contributed by atoms with Crippen LogP contribution < -0.4 is 0 Å². The highest BCUT2D eigenvalue weighted by molar-refractivity contribution is 5.48. The van der Waals surface area contributed by atoms with Crippen LogP contribution in [0.15, 0.2) is 21.6 Å². The molecular formula is C4H2N4O2. The first-order valence-electron chi connectivity index (χ1n) is 2.52. The van der Waals surface area contributed by atoms with Gasteiger partial charge in [-0.3, -0.25) is 0 Å². The van der Waals surface area contributed by atoms with E-state index in [1.54, 1.807) is 0 Å². The third kappa shape index (κ3) is 0.661. The van der Waals surface area contributed by atoms with E-state index in [1.165, 1.54) is 12.5 Å². The van der Waals surface area contributed by atoms with Gasteiger partial charge in [-0.05, 0) is 5.16 Å². The van der Waals surface area contributed by atoms with Crippen molar-refractivity contribution < 1.29 is 9.15 Å². The molecule has 0 aliphatic heterocycles. The summed E-state index contributed by atoms with van der Waals surface area (Å²) >= 11 is 0. The summed E-state index contributed by atoms with van der Waals surface area (Å²) in [6, 6.07) is 0. The van der Waals surface area contributed by atoms with Crippen LogP contribution in [0.3, 0.4) is 0 Å². The van der Waals surface area contributed by atoms with Crippen LogP contribution in [0.5, 0.6) is 0 Å².